The number of ether oxygens (including phenoxy) is 1. The van der Waals surface area contributed by atoms with Gasteiger partial charge in [0.2, 0.25) is 5.91 Å². The van der Waals surface area contributed by atoms with Crippen LogP contribution in [0.1, 0.15) is 15.9 Å². The van der Waals surface area contributed by atoms with Gasteiger partial charge in [0.15, 0.2) is 0 Å². The Morgan fingerprint density at radius 2 is 1.77 bits per heavy atom. The fourth-order valence-electron chi connectivity index (χ4n) is 2.11. The van der Waals surface area contributed by atoms with Gasteiger partial charge in [-0.25, -0.2) is 0 Å². The lowest BCUT2D eigenvalue weighted by molar-refractivity contribution is -0.113. The van der Waals surface area contributed by atoms with Gasteiger partial charge in [0.1, 0.15) is 0 Å². The zero-order valence-corrected chi connectivity index (χ0v) is 16.0. The van der Waals surface area contributed by atoms with Crippen LogP contribution in [0.25, 0.3) is 0 Å². The minimum Gasteiger partial charge on any atom is -0.383 e. The first-order chi connectivity index (χ1) is 12.6. The van der Waals surface area contributed by atoms with Crippen LogP contribution >= 0.6 is 23.4 Å². The quantitative estimate of drug-likeness (QED) is 0.640. The van der Waals surface area contributed by atoms with Gasteiger partial charge in [0, 0.05) is 35.7 Å². The van der Waals surface area contributed by atoms with Crippen molar-refractivity contribution < 1.29 is 14.3 Å². The van der Waals surface area contributed by atoms with Crippen molar-refractivity contribution in [1.29, 1.82) is 0 Å². The molecule has 0 heterocycles. The van der Waals surface area contributed by atoms with Gasteiger partial charge in [-0.05, 0) is 42.0 Å². The van der Waals surface area contributed by atoms with Crippen LogP contribution in [-0.2, 0) is 15.3 Å². The molecular formula is C19H21ClN2O3S. The monoisotopic (exact) mass is 392 g/mol. The number of thioether (sulfide) groups is 1. The van der Waals surface area contributed by atoms with Crippen molar-refractivity contribution in [3.63, 3.8) is 0 Å². The summed E-state index contributed by atoms with van der Waals surface area (Å²) < 4.78 is 4.90. The van der Waals surface area contributed by atoms with Crippen molar-refractivity contribution in [1.82, 2.24) is 5.32 Å². The number of carbonyl (C=O) groups is 2. The maximum atomic E-state index is 11.9. The molecule has 2 N–H and O–H groups in total. The molecule has 0 saturated heterocycles. The number of amides is 2. The summed E-state index contributed by atoms with van der Waals surface area (Å²) in [4.78, 5) is 23.8. The van der Waals surface area contributed by atoms with E-state index in [-0.39, 0.29) is 11.8 Å². The largest absolute Gasteiger partial charge is 0.383 e. The van der Waals surface area contributed by atoms with E-state index in [9.17, 15) is 9.59 Å². The first-order valence-corrected chi connectivity index (χ1v) is 9.61. The number of halogens is 1. The second-order valence-corrected chi connectivity index (χ2v) is 6.92. The molecule has 0 aliphatic carbocycles. The van der Waals surface area contributed by atoms with Crippen molar-refractivity contribution >= 4 is 40.9 Å². The van der Waals surface area contributed by atoms with E-state index in [1.54, 1.807) is 43.5 Å². The lowest BCUT2D eigenvalue weighted by Crippen LogP contribution is -2.26. The molecular weight excluding hydrogens is 372 g/mol. The first kappa shape index (κ1) is 20.3. The maximum absolute atomic E-state index is 11.9. The zero-order valence-electron chi connectivity index (χ0n) is 14.5. The molecule has 0 bridgehead atoms. The summed E-state index contributed by atoms with van der Waals surface area (Å²) in [6.07, 6.45) is 0. The van der Waals surface area contributed by atoms with Crippen LogP contribution in [0.2, 0.25) is 5.02 Å². The van der Waals surface area contributed by atoms with Gasteiger partial charge in [-0.2, -0.15) is 0 Å². The molecule has 2 aromatic carbocycles. The highest BCUT2D eigenvalue weighted by atomic mass is 35.5. The molecule has 0 atom stereocenters. The first-order valence-electron chi connectivity index (χ1n) is 8.07. The Balaban J connectivity index is 1.72. The third kappa shape index (κ3) is 7.07. The number of hydrogen-bond donors (Lipinski definition) is 2. The number of hydrogen-bond acceptors (Lipinski definition) is 4. The fraction of sp³-hybridized carbons (Fsp3) is 0.263. The molecule has 2 rings (SSSR count). The molecule has 2 aromatic rings. The molecule has 0 aliphatic rings. The van der Waals surface area contributed by atoms with Crippen LogP contribution in [0.15, 0.2) is 48.5 Å². The number of methoxy groups -OCH3 is 1. The summed E-state index contributed by atoms with van der Waals surface area (Å²) in [5, 5.41) is 6.23. The number of rotatable bonds is 9. The van der Waals surface area contributed by atoms with Crippen LogP contribution < -0.4 is 10.6 Å². The highest BCUT2D eigenvalue weighted by molar-refractivity contribution is 7.99. The van der Waals surface area contributed by atoms with Gasteiger partial charge in [-0.15, -0.1) is 11.8 Å². The van der Waals surface area contributed by atoms with Crippen molar-refractivity contribution in [2.75, 3.05) is 31.3 Å². The normalized spacial score (nSPS) is 10.4. The van der Waals surface area contributed by atoms with E-state index in [0.29, 0.717) is 35.2 Å². The average Bonchev–Trinajstić information content (AvgIpc) is 2.64. The smallest absolute Gasteiger partial charge is 0.251 e. The van der Waals surface area contributed by atoms with Gasteiger partial charge in [-0.3, -0.25) is 9.59 Å². The lowest BCUT2D eigenvalue weighted by Gasteiger charge is -2.07. The van der Waals surface area contributed by atoms with Gasteiger partial charge in [-0.1, -0.05) is 23.7 Å². The van der Waals surface area contributed by atoms with Crippen LogP contribution in [0, 0.1) is 0 Å². The fourth-order valence-corrected chi connectivity index (χ4v) is 3.03. The van der Waals surface area contributed by atoms with Crippen molar-refractivity contribution in [3.05, 3.63) is 64.7 Å². The molecule has 0 aliphatic heterocycles. The van der Waals surface area contributed by atoms with E-state index >= 15 is 0 Å². The van der Waals surface area contributed by atoms with Gasteiger partial charge in [0.25, 0.3) is 5.91 Å². The predicted molar refractivity (Wildman–Crippen MR) is 107 cm³/mol. The summed E-state index contributed by atoms with van der Waals surface area (Å²) in [5.41, 5.74) is 2.39. The molecule has 7 heteroatoms. The molecule has 2 amide bonds. The Morgan fingerprint density at radius 1 is 1.08 bits per heavy atom. The third-order valence-corrected chi connectivity index (χ3v) is 4.69. The Kier molecular flexibility index (Phi) is 8.47. The summed E-state index contributed by atoms with van der Waals surface area (Å²) >= 11 is 7.33. The minimum atomic E-state index is -0.122. The Bertz CT molecular complexity index is 721. The van der Waals surface area contributed by atoms with Crippen LogP contribution in [0.3, 0.4) is 0 Å². The Morgan fingerprint density at radius 3 is 2.42 bits per heavy atom. The van der Waals surface area contributed by atoms with Crippen molar-refractivity contribution in [3.8, 4) is 0 Å². The van der Waals surface area contributed by atoms with E-state index in [1.807, 2.05) is 12.1 Å². The van der Waals surface area contributed by atoms with Gasteiger partial charge in [0.05, 0.1) is 12.4 Å². The summed E-state index contributed by atoms with van der Waals surface area (Å²) in [6, 6.07) is 14.4. The molecule has 0 saturated carbocycles. The SMILES string of the molecule is COCCNC(=O)c1ccc(CSCC(=O)Nc2ccc(Cl)cc2)cc1. The van der Waals surface area contributed by atoms with E-state index in [1.165, 1.54) is 11.8 Å². The van der Waals surface area contributed by atoms with Crippen LogP contribution in [-0.4, -0.2) is 37.8 Å². The third-order valence-electron chi connectivity index (χ3n) is 3.44. The van der Waals surface area contributed by atoms with E-state index in [0.717, 1.165) is 11.3 Å². The van der Waals surface area contributed by atoms with E-state index in [2.05, 4.69) is 10.6 Å². The summed E-state index contributed by atoms with van der Waals surface area (Å²) in [6.45, 7) is 0.966. The number of carbonyl (C=O) groups excluding carboxylic acids is 2. The van der Waals surface area contributed by atoms with E-state index in [4.69, 9.17) is 16.3 Å². The lowest BCUT2D eigenvalue weighted by atomic mass is 10.1. The van der Waals surface area contributed by atoms with Gasteiger partial charge >= 0.3 is 0 Å². The van der Waals surface area contributed by atoms with Crippen LogP contribution in [0.4, 0.5) is 5.69 Å². The standard InChI is InChI=1S/C19H21ClN2O3S/c1-25-11-10-21-19(24)15-4-2-14(3-5-15)12-26-13-18(23)22-17-8-6-16(20)7-9-17/h2-9H,10-13H2,1H3,(H,21,24)(H,22,23). The highest BCUT2D eigenvalue weighted by Crippen LogP contribution is 2.16. The second kappa shape index (κ2) is 10.9. The molecule has 26 heavy (non-hydrogen) atoms. The molecule has 0 aromatic heterocycles. The summed E-state index contributed by atoms with van der Waals surface area (Å²) in [5.74, 6) is 0.858. The summed E-state index contributed by atoms with van der Waals surface area (Å²) in [7, 11) is 1.59. The molecule has 0 spiro atoms. The molecule has 0 radical (unpaired) electrons. The molecule has 138 valence electrons. The second-order valence-electron chi connectivity index (χ2n) is 5.49. The molecule has 5 nitrogen and oxygen atoms in total. The van der Waals surface area contributed by atoms with Crippen molar-refractivity contribution in [2.24, 2.45) is 0 Å². The van der Waals surface area contributed by atoms with E-state index < -0.39 is 0 Å². The topological polar surface area (TPSA) is 67.4 Å². The van der Waals surface area contributed by atoms with Crippen molar-refractivity contribution in [2.45, 2.75) is 5.75 Å². The zero-order chi connectivity index (χ0) is 18.8. The highest BCUT2D eigenvalue weighted by Gasteiger charge is 2.06. The number of anilines is 1. The maximum Gasteiger partial charge on any atom is 0.251 e. The predicted octanol–water partition coefficient (Wildman–Crippen LogP) is 3.59. The number of benzene rings is 2. The molecule has 0 fully saturated rings. The Hall–Kier alpha value is -2.02. The minimum absolute atomic E-state index is 0.0635. The number of nitrogens with one attached hydrogen (secondary N) is 2. The van der Waals surface area contributed by atoms with Crippen LogP contribution in [0.5, 0.6) is 0 Å². The Labute approximate surface area is 162 Å². The van der Waals surface area contributed by atoms with Gasteiger partial charge < -0.3 is 15.4 Å². The molecule has 0 unspecified atom stereocenters. The average molecular weight is 393 g/mol.